The highest BCUT2D eigenvalue weighted by atomic mass is 35.5. The first-order valence-corrected chi connectivity index (χ1v) is 6.20. The molecule has 2 aromatic carbocycles. The van der Waals surface area contributed by atoms with E-state index in [2.05, 4.69) is 5.32 Å². The highest BCUT2D eigenvalue weighted by Crippen LogP contribution is 2.20. The van der Waals surface area contributed by atoms with Crippen LogP contribution in [0.1, 0.15) is 11.1 Å². The summed E-state index contributed by atoms with van der Waals surface area (Å²) >= 11 is 5.83. The number of rotatable bonds is 3. The molecule has 0 atom stereocenters. The number of nitriles is 1. The minimum absolute atomic E-state index is 0.0949. The molecule has 0 spiro atoms. The summed E-state index contributed by atoms with van der Waals surface area (Å²) < 4.78 is 12.8. The van der Waals surface area contributed by atoms with Gasteiger partial charge >= 0.3 is 0 Å². The molecule has 100 valence electrons. The van der Waals surface area contributed by atoms with Gasteiger partial charge in [-0.1, -0.05) is 23.7 Å². The van der Waals surface area contributed by atoms with Gasteiger partial charge in [0.1, 0.15) is 11.9 Å². The number of anilines is 1. The Labute approximate surface area is 120 Å². The number of nitrogens with one attached hydrogen (secondary N) is 1. The van der Waals surface area contributed by atoms with Crippen molar-refractivity contribution in [2.75, 3.05) is 5.32 Å². The van der Waals surface area contributed by atoms with Gasteiger partial charge in [-0.25, -0.2) is 4.39 Å². The third-order valence-corrected chi connectivity index (χ3v) is 2.89. The van der Waals surface area contributed by atoms with E-state index in [9.17, 15) is 9.18 Å². The Hall–Kier alpha value is -2.38. The lowest BCUT2D eigenvalue weighted by molar-refractivity contribution is -0.115. The van der Waals surface area contributed by atoms with E-state index in [1.54, 1.807) is 6.07 Å². The van der Waals surface area contributed by atoms with Crippen molar-refractivity contribution in [2.45, 2.75) is 6.42 Å². The predicted octanol–water partition coefficient (Wildman–Crippen LogP) is 3.53. The Morgan fingerprint density at radius 2 is 1.95 bits per heavy atom. The number of nitrogens with zero attached hydrogens (tertiary/aromatic N) is 1. The van der Waals surface area contributed by atoms with Crippen LogP contribution in [0.15, 0.2) is 42.5 Å². The molecule has 0 fully saturated rings. The minimum Gasteiger partial charge on any atom is -0.325 e. The minimum atomic E-state index is -0.351. The predicted molar refractivity (Wildman–Crippen MR) is 74.9 cm³/mol. The summed E-state index contributed by atoms with van der Waals surface area (Å²) in [6.45, 7) is 0. The summed E-state index contributed by atoms with van der Waals surface area (Å²) in [5, 5.41) is 12.0. The zero-order valence-electron chi connectivity index (χ0n) is 10.4. The summed E-state index contributed by atoms with van der Waals surface area (Å²) in [4.78, 5) is 11.9. The summed E-state index contributed by atoms with van der Waals surface area (Å²) in [5.74, 6) is -0.647. The van der Waals surface area contributed by atoms with E-state index in [1.165, 1.54) is 36.4 Å². The van der Waals surface area contributed by atoms with Gasteiger partial charge in [-0.3, -0.25) is 4.79 Å². The van der Waals surface area contributed by atoms with Gasteiger partial charge in [0, 0.05) is 5.02 Å². The average Bonchev–Trinajstić information content (AvgIpc) is 2.41. The number of hydrogen-bond donors (Lipinski definition) is 1. The number of amides is 1. The zero-order valence-corrected chi connectivity index (χ0v) is 11.1. The molecule has 0 bridgehead atoms. The Kier molecular flexibility index (Phi) is 4.34. The van der Waals surface area contributed by atoms with Crippen LogP contribution in [0.4, 0.5) is 10.1 Å². The molecule has 0 saturated carbocycles. The fourth-order valence-electron chi connectivity index (χ4n) is 1.70. The fourth-order valence-corrected chi connectivity index (χ4v) is 1.87. The molecule has 1 amide bonds. The molecule has 0 heterocycles. The summed E-state index contributed by atoms with van der Waals surface area (Å²) in [7, 11) is 0. The molecule has 20 heavy (non-hydrogen) atoms. The van der Waals surface area contributed by atoms with E-state index in [0.29, 0.717) is 21.8 Å². The summed E-state index contributed by atoms with van der Waals surface area (Å²) in [6.07, 6.45) is 0.0949. The van der Waals surface area contributed by atoms with Crippen LogP contribution in [-0.4, -0.2) is 5.91 Å². The van der Waals surface area contributed by atoms with Crippen LogP contribution in [0.2, 0.25) is 5.02 Å². The van der Waals surface area contributed by atoms with Crippen molar-refractivity contribution in [3.63, 3.8) is 0 Å². The van der Waals surface area contributed by atoms with E-state index >= 15 is 0 Å². The van der Waals surface area contributed by atoms with Crippen LogP contribution in [0.5, 0.6) is 0 Å². The van der Waals surface area contributed by atoms with Gasteiger partial charge in [-0.05, 0) is 35.9 Å². The second kappa shape index (κ2) is 6.18. The molecule has 0 saturated heterocycles. The molecule has 1 N–H and O–H groups in total. The second-order valence-corrected chi connectivity index (χ2v) is 4.59. The maximum absolute atomic E-state index is 12.8. The quantitative estimate of drug-likeness (QED) is 0.939. The van der Waals surface area contributed by atoms with Gasteiger partial charge in [0.2, 0.25) is 5.91 Å². The number of benzene rings is 2. The first-order chi connectivity index (χ1) is 9.58. The smallest absolute Gasteiger partial charge is 0.228 e. The highest BCUT2D eigenvalue weighted by Gasteiger charge is 2.08. The Balaban J connectivity index is 2.10. The molecular weight excluding hydrogens is 279 g/mol. The zero-order chi connectivity index (χ0) is 14.5. The van der Waals surface area contributed by atoms with E-state index in [1.807, 2.05) is 6.07 Å². The molecule has 0 aliphatic rings. The van der Waals surface area contributed by atoms with Gasteiger partial charge < -0.3 is 5.32 Å². The summed E-state index contributed by atoms with van der Waals surface area (Å²) in [6, 6.07) is 12.3. The maximum Gasteiger partial charge on any atom is 0.228 e. The van der Waals surface area contributed by atoms with Crippen molar-refractivity contribution in [1.29, 1.82) is 5.26 Å². The van der Waals surface area contributed by atoms with Crippen molar-refractivity contribution in [3.05, 3.63) is 64.4 Å². The third kappa shape index (κ3) is 3.56. The molecular formula is C15H10ClFN2O. The Bertz CT molecular complexity index is 677. The average molecular weight is 289 g/mol. The van der Waals surface area contributed by atoms with Gasteiger partial charge in [-0.15, -0.1) is 0 Å². The molecule has 0 radical (unpaired) electrons. The molecule has 0 aromatic heterocycles. The Morgan fingerprint density at radius 1 is 1.25 bits per heavy atom. The standard InChI is InChI=1S/C15H10ClFN2O/c16-12-4-3-11(9-18)14(8-12)19-15(20)7-10-1-5-13(17)6-2-10/h1-6,8H,7H2,(H,19,20). The molecule has 0 aliphatic carbocycles. The van der Waals surface area contributed by atoms with Gasteiger partial charge in [-0.2, -0.15) is 5.26 Å². The molecule has 0 unspecified atom stereocenters. The first kappa shape index (κ1) is 14.0. The molecule has 0 aliphatic heterocycles. The largest absolute Gasteiger partial charge is 0.325 e. The van der Waals surface area contributed by atoms with Crippen LogP contribution in [-0.2, 0) is 11.2 Å². The van der Waals surface area contributed by atoms with E-state index < -0.39 is 0 Å². The topological polar surface area (TPSA) is 52.9 Å². The van der Waals surface area contributed by atoms with Crippen molar-refractivity contribution >= 4 is 23.2 Å². The number of carbonyl (C=O) groups excluding carboxylic acids is 1. The van der Waals surface area contributed by atoms with Gasteiger partial charge in [0.05, 0.1) is 17.7 Å². The third-order valence-electron chi connectivity index (χ3n) is 2.65. The fraction of sp³-hybridized carbons (Fsp3) is 0.0667. The lowest BCUT2D eigenvalue weighted by Crippen LogP contribution is -2.15. The van der Waals surface area contributed by atoms with Crippen molar-refractivity contribution in [3.8, 4) is 6.07 Å². The lowest BCUT2D eigenvalue weighted by atomic mass is 10.1. The molecule has 2 aromatic rings. The van der Waals surface area contributed by atoms with Crippen LogP contribution >= 0.6 is 11.6 Å². The van der Waals surface area contributed by atoms with Crippen LogP contribution in [0.25, 0.3) is 0 Å². The van der Waals surface area contributed by atoms with E-state index in [4.69, 9.17) is 16.9 Å². The van der Waals surface area contributed by atoms with Gasteiger partial charge in [0.15, 0.2) is 0 Å². The summed E-state index contributed by atoms with van der Waals surface area (Å²) in [5.41, 5.74) is 1.39. The highest BCUT2D eigenvalue weighted by molar-refractivity contribution is 6.31. The Morgan fingerprint density at radius 3 is 2.60 bits per heavy atom. The van der Waals surface area contributed by atoms with Crippen LogP contribution < -0.4 is 5.32 Å². The van der Waals surface area contributed by atoms with E-state index in [-0.39, 0.29) is 18.1 Å². The number of halogens is 2. The SMILES string of the molecule is N#Cc1ccc(Cl)cc1NC(=O)Cc1ccc(F)cc1. The van der Waals surface area contributed by atoms with Crippen molar-refractivity contribution < 1.29 is 9.18 Å². The monoisotopic (exact) mass is 288 g/mol. The molecule has 3 nitrogen and oxygen atoms in total. The van der Waals surface area contributed by atoms with Crippen LogP contribution in [0.3, 0.4) is 0 Å². The first-order valence-electron chi connectivity index (χ1n) is 5.82. The number of hydrogen-bond acceptors (Lipinski definition) is 2. The normalized spacial score (nSPS) is 9.85. The van der Waals surface area contributed by atoms with E-state index in [0.717, 1.165) is 0 Å². The lowest BCUT2D eigenvalue weighted by Gasteiger charge is -2.07. The van der Waals surface area contributed by atoms with Crippen molar-refractivity contribution in [2.24, 2.45) is 0 Å². The molecule has 2 rings (SSSR count). The van der Waals surface area contributed by atoms with Crippen LogP contribution in [0, 0.1) is 17.1 Å². The van der Waals surface area contributed by atoms with Gasteiger partial charge in [0.25, 0.3) is 0 Å². The van der Waals surface area contributed by atoms with Crippen molar-refractivity contribution in [1.82, 2.24) is 0 Å². The molecule has 5 heteroatoms. The maximum atomic E-state index is 12.8. The number of carbonyl (C=O) groups is 1. The second-order valence-electron chi connectivity index (χ2n) is 4.15.